The van der Waals surface area contributed by atoms with Crippen molar-refractivity contribution in [3.63, 3.8) is 0 Å². The summed E-state index contributed by atoms with van der Waals surface area (Å²) >= 11 is 0. The molecule has 0 bridgehead atoms. The highest BCUT2D eigenvalue weighted by atomic mass is 16.6. The molecule has 0 unspecified atom stereocenters. The van der Waals surface area contributed by atoms with Crippen molar-refractivity contribution in [2.45, 2.75) is 31.1 Å². The predicted octanol–water partition coefficient (Wildman–Crippen LogP) is -0.430. The van der Waals surface area contributed by atoms with Crippen molar-refractivity contribution in [3.05, 3.63) is 62.7 Å². The number of ether oxygens (including phenoxy) is 2. The minimum absolute atomic E-state index is 0.0193. The Morgan fingerprint density at radius 2 is 2.11 bits per heavy atom. The van der Waals surface area contributed by atoms with Gasteiger partial charge in [-0.3, -0.25) is 14.7 Å². The summed E-state index contributed by atoms with van der Waals surface area (Å²) in [6.45, 7) is -0.700. The first-order valence-electron chi connectivity index (χ1n) is 8.05. The molecule has 1 aliphatic heterocycles. The van der Waals surface area contributed by atoms with E-state index in [1.54, 1.807) is 6.07 Å². The molecule has 0 radical (unpaired) electrons. The van der Waals surface area contributed by atoms with Crippen molar-refractivity contribution < 1.29 is 24.6 Å². The van der Waals surface area contributed by atoms with Gasteiger partial charge in [0.1, 0.15) is 24.1 Å². The summed E-state index contributed by atoms with van der Waals surface area (Å²) in [6, 6.07) is 7.38. The summed E-state index contributed by atoms with van der Waals surface area (Å²) < 4.78 is 12.3. The largest absolute Gasteiger partial charge is 0.394 e. The quantitative estimate of drug-likeness (QED) is 0.447. The SMILES string of the molecule is Nc1ccn([C@@H]2O[C@H](CO)[C@@H](O)[C@H]2OCc2ccccc2[N+](=O)[O-])c(=O)n1. The molecule has 144 valence electrons. The average molecular weight is 378 g/mol. The zero-order valence-electron chi connectivity index (χ0n) is 14.0. The van der Waals surface area contributed by atoms with E-state index in [0.717, 1.165) is 4.57 Å². The highest BCUT2D eigenvalue weighted by molar-refractivity contribution is 5.39. The number of aromatic nitrogens is 2. The third-order valence-corrected chi connectivity index (χ3v) is 4.24. The van der Waals surface area contributed by atoms with E-state index in [1.807, 2.05) is 0 Å². The number of para-hydroxylation sites is 1. The Kier molecular flexibility index (Phi) is 5.46. The number of nitrogen functional groups attached to an aromatic ring is 1. The molecule has 1 fully saturated rings. The lowest BCUT2D eigenvalue weighted by Gasteiger charge is -2.22. The summed E-state index contributed by atoms with van der Waals surface area (Å²) in [6.07, 6.45) is -3.06. The van der Waals surface area contributed by atoms with Crippen molar-refractivity contribution in [1.82, 2.24) is 9.55 Å². The number of nitro groups is 1. The standard InChI is InChI=1S/C16H18N4O7/c17-12-5-6-19(16(23)18-12)15-14(13(22)11(7-21)27-15)26-8-9-3-1-2-4-10(9)20(24)25/h1-6,11,13-15,21-22H,7-8H2,(H2,17,18,23)/t11-,13-,14-,15-/m1/s1. The first kappa shape index (κ1) is 18.9. The molecule has 2 aromatic rings. The topological polar surface area (TPSA) is 163 Å². The van der Waals surface area contributed by atoms with Gasteiger partial charge in [-0.05, 0) is 12.1 Å². The minimum atomic E-state index is -1.26. The Morgan fingerprint density at radius 1 is 1.37 bits per heavy atom. The Bertz CT molecular complexity index is 887. The van der Waals surface area contributed by atoms with Gasteiger partial charge in [0.2, 0.25) is 0 Å². The fraction of sp³-hybridized carbons (Fsp3) is 0.375. The van der Waals surface area contributed by atoms with Crippen LogP contribution in [0.1, 0.15) is 11.8 Å². The highest BCUT2D eigenvalue weighted by Gasteiger charge is 2.45. The maximum atomic E-state index is 12.1. The van der Waals surface area contributed by atoms with Crippen molar-refractivity contribution in [1.29, 1.82) is 0 Å². The maximum Gasteiger partial charge on any atom is 0.351 e. The molecule has 1 aromatic heterocycles. The number of hydrogen-bond acceptors (Lipinski definition) is 9. The van der Waals surface area contributed by atoms with Crippen molar-refractivity contribution >= 4 is 11.5 Å². The molecule has 27 heavy (non-hydrogen) atoms. The van der Waals surface area contributed by atoms with Crippen LogP contribution in [0.4, 0.5) is 11.5 Å². The fourth-order valence-electron chi connectivity index (χ4n) is 2.89. The van der Waals surface area contributed by atoms with E-state index in [4.69, 9.17) is 15.2 Å². The average Bonchev–Trinajstić information content (AvgIpc) is 2.95. The molecule has 1 aliphatic rings. The number of nitrogens with zero attached hydrogens (tertiary/aromatic N) is 3. The van der Waals surface area contributed by atoms with Crippen LogP contribution in [-0.4, -0.2) is 49.6 Å². The summed E-state index contributed by atoms with van der Waals surface area (Å²) in [5.74, 6) is 0.0193. The first-order chi connectivity index (χ1) is 12.9. The number of aliphatic hydroxyl groups is 2. The van der Waals surface area contributed by atoms with Gasteiger partial charge in [0.05, 0.1) is 23.7 Å². The smallest absolute Gasteiger partial charge is 0.351 e. The van der Waals surface area contributed by atoms with Crippen LogP contribution < -0.4 is 11.4 Å². The van der Waals surface area contributed by atoms with Crippen LogP contribution in [0.15, 0.2) is 41.3 Å². The number of nitro benzene ring substituents is 1. The van der Waals surface area contributed by atoms with Gasteiger partial charge < -0.3 is 25.4 Å². The molecule has 3 rings (SSSR count). The molecule has 1 aromatic carbocycles. The molecule has 1 saturated heterocycles. The second-order valence-corrected chi connectivity index (χ2v) is 5.94. The van der Waals surface area contributed by atoms with Crippen LogP contribution in [0.5, 0.6) is 0 Å². The number of benzene rings is 1. The highest BCUT2D eigenvalue weighted by Crippen LogP contribution is 2.32. The molecule has 0 spiro atoms. The summed E-state index contributed by atoms with van der Waals surface area (Å²) in [5.41, 5.74) is 4.92. The van der Waals surface area contributed by atoms with E-state index in [1.165, 1.54) is 30.5 Å². The van der Waals surface area contributed by atoms with E-state index < -0.39 is 41.8 Å². The van der Waals surface area contributed by atoms with Gasteiger partial charge in [-0.15, -0.1) is 0 Å². The van der Waals surface area contributed by atoms with Crippen LogP contribution >= 0.6 is 0 Å². The Labute approximate surface area is 152 Å². The van der Waals surface area contributed by atoms with E-state index in [2.05, 4.69) is 4.98 Å². The van der Waals surface area contributed by atoms with Crippen molar-refractivity contribution in [3.8, 4) is 0 Å². The molecular formula is C16H18N4O7. The van der Waals surface area contributed by atoms with Crippen LogP contribution in [-0.2, 0) is 16.1 Å². The summed E-state index contributed by atoms with van der Waals surface area (Å²) in [5, 5.41) is 30.9. The number of hydrogen-bond donors (Lipinski definition) is 3. The third-order valence-electron chi connectivity index (χ3n) is 4.24. The van der Waals surface area contributed by atoms with Gasteiger partial charge in [-0.2, -0.15) is 4.98 Å². The number of nitrogens with two attached hydrogens (primary N) is 1. The van der Waals surface area contributed by atoms with Crippen LogP contribution in [0, 0.1) is 10.1 Å². The lowest BCUT2D eigenvalue weighted by Crippen LogP contribution is -2.38. The number of anilines is 1. The Balaban J connectivity index is 1.87. The maximum absolute atomic E-state index is 12.1. The molecular weight excluding hydrogens is 360 g/mol. The Hall–Kier alpha value is -2.86. The molecule has 11 nitrogen and oxygen atoms in total. The molecule has 4 atom stereocenters. The predicted molar refractivity (Wildman–Crippen MR) is 91.6 cm³/mol. The number of aliphatic hydroxyl groups excluding tert-OH is 2. The molecule has 11 heteroatoms. The lowest BCUT2D eigenvalue weighted by molar-refractivity contribution is -0.386. The Morgan fingerprint density at radius 3 is 2.78 bits per heavy atom. The van der Waals surface area contributed by atoms with E-state index in [-0.39, 0.29) is 18.1 Å². The van der Waals surface area contributed by atoms with Gasteiger partial charge in [0.25, 0.3) is 5.69 Å². The third kappa shape index (κ3) is 3.80. The second kappa shape index (κ2) is 7.80. The van der Waals surface area contributed by atoms with Crippen LogP contribution in [0.2, 0.25) is 0 Å². The van der Waals surface area contributed by atoms with E-state index >= 15 is 0 Å². The number of rotatable bonds is 6. The zero-order chi connectivity index (χ0) is 19.6. The van der Waals surface area contributed by atoms with Crippen molar-refractivity contribution in [2.75, 3.05) is 12.3 Å². The summed E-state index contributed by atoms with van der Waals surface area (Å²) in [7, 11) is 0. The van der Waals surface area contributed by atoms with Crippen molar-refractivity contribution in [2.24, 2.45) is 0 Å². The zero-order valence-corrected chi connectivity index (χ0v) is 14.0. The first-order valence-corrected chi connectivity index (χ1v) is 8.05. The second-order valence-electron chi connectivity index (χ2n) is 5.94. The molecule has 4 N–H and O–H groups in total. The van der Waals surface area contributed by atoms with E-state index in [9.17, 15) is 25.1 Å². The van der Waals surface area contributed by atoms with Gasteiger partial charge in [0, 0.05) is 12.3 Å². The van der Waals surface area contributed by atoms with E-state index in [0.29, 0.717) is 5.56 Å². The fourth-order valence-corrected chi connectivity index (χ4v) is 2.89. The molecule has 0 saturated carbocycles. The van der Waals surface area contributed by atoms with Gasteiger partial charge in [0.15, 0.2) is 6.23 Å². The van der Waals surface area contributed by atoms with Gasteiger partial charge in [-0.1, -0.05) is 12.1 Å². The van der Waals surface area contributed by atoms with Gasteiger partial charge in [-0.25, -0.2) is 4.79 Å². The van der Waals surface area contributed by atoms with Gasteiger partial charge >= 0.3 is 5.69 Å². The van der Waals surface area contributed by atoms with Crippen LogP contribution in [0.25, 0.3) is 0 Å². The summed E-state index contributed by atoms with van der Waals surface area (Å²) in [4.78, 5) is 26.3. The minimum Gasteiger partial charge on any atom is -0.394 e. The monoisotopic (exact) mass is 378 g/mol. The molecule has 2 heterocycles. The molecule has 0 aliphatic carbocycles. The molecule has 0 amide bonds. The van der Waals surface area contributed by atoms with Crippen LogP contribution in [0.3, 0.4) is 0 Å². The normalized spacial score (nSPS) is 24.8. The lowest BCUT2D eigenvalue weighted by atomic mass is 10.1.